The normalized spacial score (nSPS) is 21.7. The van der Waals surface area contributed by atoms with Crippen LogP contribution >= 0.6 is 0 Å². The maximum absolute atomic E-state index is 12.0. The average Bonchev–Trinajstić information content (AvgIpc) is 2.52. The van der Waals surface area contributed by atoms with Crippen LogP contribution in [0.25, 0.3) is 0 Å². The van der Waals surface area contributed by atoms with Crippen molar-refractivity contribution in [2.75, 3.05) is 13.1 Å². The second-order valence-electron chi connectivity index (χ2n) is 7.58. The quantitative estimate of drug-likeness (QED) is 0.755. The van der Waals surface area contributed by atoms with Crippen LogP contribution in [-0.4, -0.2) is 30.3 Å². The van der Waals surface area contributed by atoms with Gasteiger partial charge in [-0.25, -0.2) is 4.79 Å². The molecule has 1 fully saturated rings. The first kappa shape index (κ1) is 17.8. The van der Waals surface area contributed by atoms with Gasteiger partial charge in [0.2, 0.25) is 0 Å². The third-order valence-electron chi connectivity index (χ3n) is 4.56. The highest BCUT2D eigenvalue weighted by Crippen LogP contribution is 2.23. The second-order valence-corrected chi connectivity index (χ2v) is 7.58. The highest BCUT2D eigenvalue weighted by Gasteiger charge is 2.22. The van der Waals surface area contributed by atoms with Crippen LogP contribution in [0.4, 0.5) is 4.79 Å². The molecule has 0 radical (unpaired) electrons. The number of hydrogen-bond donors (Lipinski definition) is 3. The molecule has 0 aromatic heterocycles. The van der Waals surface area contributed by atoms with Gasteiger partial charge in [-0.1, -0.05) is 50.6 Å². The van der Waals surface area contributed by atoms with Crippen LogP contribution in [-0.2, 0) is 6.42 Å². The van der Waals surface area contributed by atoms with Crippen LogP contribution < -0.4 is 10.6 Å². The summed E-state index contributed by atoms with van der Waals surface area (Å²) < 4.78 is 0. The maximum atomic E-state index is 12.0. The Balaban J connectivity index is 1.68. The summed E-state index contributed by atoms with van der Waals surface area (Å²) in [5, 5.41) is 15.6. The molecule has 0 aliphatic heterocycles. The molecular formula is C19H30N2O2. The Kier molecular flexibility index (Phi) is 6.46. The summed E-state index contributed by atoms with van der Waals surface area (Å²) >= 11 is 0. The lowest BCUT2D eigenvalue weighted by molar-refractivity contribution is 0.101. The molecule has 2 unspecified atom stereocenters. The molecule has 23 heavy (non-hydrogen) atoms. The summed E-state index contributed by atoms with van der Waals surface area (Å²) in [5.74, 6) is 0.404. The van der Waals surface area contributed by atoms with Crippen LogP contribution in [0.5, 0.6) is 0 Å². The zero-order chi connectivity index (χ0) is 16.7. The standard InChI is InChI=1S/C19H30N2O2/c1-19(2,12-15-7-4-3-5-8-15)14-21-18(23)20-13-16-9-6-10-17(22)11-16/h3-5,7-8,16-17,22H,6,9-14H2,1-2H3,(H2,20,21,23). The lowest BCUT2D eigenvalue weighted by Gasteiger charge is -2.27. The Morgan fingerprint density at radius 3 is 2.65 bits per heavy atom. The van der Waals surface area contributed by atoms with Gasteiger partial charge in [0, 0.05) is 13.1 Å². The first-order valence-corrected chi connectivity index (χ1v) is 8.68. The second kappa shape index (κ2) is 8.34. The molecule has 0 saturated heterocycles. The van der Waals surface area contributed by atoms with Gasteiger partial charge < -0.3 is 15.7 Å². The average molecular weight is 318 g/mol. The van der Waals surface area contributed by atoms with Crippen molar-refractivity contribution in [2.24, 2.45) is 11.3 Å². The third-order valence-corrected chi connectivity index (χ3v) is 4.56. The monoisotopic (exact) mass is 318 g/mol. The number of urea groups is 1. The molecule has 4 heteroatoms. The van der Waals surface area contributed by atoms with E-state index in [9.17, 15) is 9.90 Å². The van der Waals surface area contributed by atoms with E-state index >= 15 is 0 Å². The molecule has 3 N–H and O–H groups in total. The lowest BCUT2D eigenvalue weighted by atomic mass is 9.86. The fourth-order valence-electron chi connectivity index (χ4n) is 3.28. The smallest absolute Gasteiger partial charge is 0.314 e. The van der Waals surface area contributed by atoms with E-state index in [2.05, 4.69) is 36.6 Å². The minimum atomic E-state index is -0.191. The highest BCUT2D eigenvalue weighted by molar-refractivity contribution is 5.73. The number of amides is 2. The first-order valence-electron chi connectivity index (χ1n) is 8.68. The SMILES string of the molecule is CC(C)(CNC(=O)NCC1CCCC(O)C1)Cc1ccccc1. The van der Waals surface area contributed by atoms with E-state index in [-0.39, 0.29) is 17.6 Å². The van der Waals surface area contributed by atoms with Gasteiger partial charge in [-0.05, 0) is 42.6 Å². The summed E-state index contributed by atoms with van der Waals surface area (Å²) in [5.41, 5.74) is 1.30. The number of aliphatic hydroxyl groups is 1. The number of carbonyl (C=O) groups is 1. The van der Waals surface area contributed by atoms with Gasteiger partial charge in [-0.15, -0.1) is 0 Å². The topological polar surface area (TPSA) is 61.4 Å². The van der Waals surface area contributed by atoms with Crippen LogP contribution in [0, 0.1) is 11.3 Å². The fourth-order valence-corrected chi connectivity index (χ4v) is 3.28. The number of nitrogens with one attached hydrogen (secondary N) is 2. The molecule has 0 heterocycles. The molecule has 2 rings (SSSR count). The third kappa shape index (κ3) is 6.61. The molecule has 1 aromatic carbocycles. The number of rotatable bonds is 6. The van der Waals surface area contributed by atoms with Crippen molar-refractivity contribution in [3.8, 4) is 0 Å². The molecule has 0 spiro atoms. The van der Waals surface area contributed by atoms with Gasteiger partial charge in [0.25, 0.3) is 0 Å². The maximum Gasteiger partial charge on any atom is 0.314 e. The van der Waals surface area contributed by atoms with Crippen molar-refractivity contribution in [1.29, 1.82) is 0 Å². The number of hydrogen-bond acceptors (Lipinski definition) is 2. The van der Waals surface area contributed by atoms with Crippen LogP contribution in [0.15, 0.2) is 30.3 Å². The molecule has 128 valence electrons. The van der Waals surface area contributed by atoms with Crippen molar-refractivity contribution in [3.05, 3.63) is 35.9 Å². The molecular weight excluding hydrogens is 288 g/mol. The van der Waals surface area contributed by atoms with Gasteiger partial charge in [0.1, 0.15) is 0 Å². The molecule has 4 nitrogen and oxygen atoms in total. The van der Waals surface area contributed by atoms with Gasteiger partial charge in [0.15, 0.2) is 0 Å². The van der Waals surface area contributed by atoms with E-state index in [1.54, 1.807) is 0 Å². The predicted octanol–water partition coefficient (Wildman–Crippen LogP) is 3.11. The Morgan fingerprint density at radius 2 is 1.96 bits per heavy atom. The van der Waals surface area contributed by atoms with E-state index < -0.39 is 0 Å². The lowest BCUT2D eigenvalue weighted by Crippen LogP contribution is -2.43. The van der Waals surface area contributed by atoms with E-state index in [0.29, 0.717) is 19.0 Å². The van der Waals surface area contributed by atoms with Crippen LogP contribution in [0.3, 0.4) is 0 Å². The van der Waals surface area contributed by atoms with Crippen molar-refractivity contribution in [3.63, 3.8) is 0 Å². The van der Waals surface area contributed by atoms with E-state index in [1.807, 2.05) is 18.2 Å². The van der Waals surface area contributed by atoms with Gasteiger partial charge in [-0.2, -0.15) is 0 Å². The van der Waals surface area contributed by atoms with E-state index in [0.717, 1.165) is 32.1 Å². The fraction of sp³-hybridized carbons (Fsp3) is 0.632. The Labute approximate surface area is 139 Å². The summed E-state index contributed by atoms with van der Waals surface area (Å²) in [4.78, 5) is 12.0. The molecule has 2 amide bonds. The molecule has 1 saturated carbocycles. The van der Waals surface area contributed by atoms with Crippen molar-refractivity contribution < 1.29 is 9.90 Å². The van der Waals surface area contributed by atoms with Crippen LogP contribution in [0.1, 0.15) is 45.1 Å². The summed E-state index contributed by atoms with van der Waals surface area (Å²) in [6.07, 6.45) is 4.60. The van der Waals surface area contributed by atoms with Crippen molar-refractivity contribution >= 4 is 6.03 Å². The summed E-state index contributed by atoms with van der Waals surface area (Å²) in [7, 11) is 0. The van der Waals surface area contributed by atoms with Crippen molar-refractivity contribution in [2.45, 2.75) is 52.1 Å². The van der Waals surface area contributed by atoms with Crippen molar-refractivity contribution in [1.82, 2.24) is 10.6 Å². The summed E-state index contributed by atoms with van der Waals surface area (Å²) in [6.45, 7) is 5.62. The van der Waals surface area contributed by atoms with Gasteiger partial charge in [-0.3, -0.25) is 0 Å². The molecule has 0 bridgehead atoms. The molecule has 1 aliphatic rings. The minimum Gasteiger partial charge on any atom is -0.393 e. The zero-order valence-corrected chi connectivity index (χ0v) is 14.3. The Bertz CT molecular complexity index is 487. The largest absolute Gasteiger partial charge is 0.393 e. The number of aliphatic hydroxyl groups excluding tert-OH is 1. The number of benzene rings is 1. The predicted molar refractivity (Wildman–Crippen MR) is 93.3 cm³/mol. The molecule has 1 aromatic rings. The van der Waals surface area contributed by atoms with Crippen LogP contribution in [0.2, 0.25) is 0 Å². The Morgan fingerprint density at radius 1 is 1.22 bits per heavy atom. The number of carbonyl (C=O) groups excluding carboxylic acids is 1. The zero-order valence-electron chi connectivity index (χ0n) is 14.3. The molecule has 1 aliphatic carbocycles. The van der Waals surface area contributed by atoms with Gasteiger partial charge >= 0.3 is 6.03 Å². The van der Waals surface area contributed by atoms with E-state index in [4.69, 9.17) is 0 Å². The van der Waals surface area contributed by atoms with Gasteiger partial charge in [0.05, 0.1) is 6.10 Å². The first-order chi connectivity index (χ1) is 10.9. The Hall–Kier alpha value is -1.55. The van der Waals surface area contributed by atoms with E-state index in [1.165, 1.54) is 5.56 Å². The highest BCUT2D eigenvalue weighted by atomic mass is 16.3. The molecule has 2 atom stereocenters. The summed E-state index contributed by atoms with van der Waals surface area (Å²) in [6, 6.07) is 10.2. The minimum absolute atomic E-state index is 0.0136.